The highest BCUT2D eigenvalue weighted by molar-refractivity contribution is 7.18. The molecule has 0 spiro atoms. The molecule has 0 saturated heterocycles. The maximum Gasteiger partial charge on any atom is 0.338 e. The van der Waals surface area contributed by atoms with Gasteiger partial charge in [0.1, 0.15) is 22.9 Å². The number of esters is 2. The summed E-state index contributed by atoms with van der Waals surface area (Å²) in [5, 5.41) is 4.22. The molecule has 2 heterocycles. The van der Waals surface area contributed by atoms with Crippen molar-refractivity contribution >= 4 is 45.0 Å². The van der Waals surface area contributed by atoms with Crippen LogP contribution in [0, 0.1) is 13.8 Å². The Morgan fingerprint density at radius 2 is 1.72 bits per heavy atom. The van der Waals surface area contributed by atoms with Crippen molar-refractivity contribution in [1.82, 2.24) is 9.97 Å². The van der Waals surface area contributed by atoms with E-state index in [1.165, 1.54) is 0 Å². The van der Waals surface area contributed by atoms with E-state index < -0.39 is 0 Å². The molecule has 1 aromatic carbocycles. The predicted octanol–water partition coefficient (Wildman–Crippen LogP) is 4.33. The first-order valence-electron chi connectivity index (χ1n) is 9.39. The lowest BCUT2D eigenvalue weighted by molar-refractivity contribution is -0.142. The minimum atomic E-state index is -0.360. The van der Waals surface area contributed by atoms with E-state index in [1.807, 2.05) is 13.8 Å². The number of aromatic nitrogens is 2. The molecular weight excluding hydrogens is 390 g/mol. The van der Waals surface area contributed by atoms with Gasteiger partial charge in [-0.1, -0.05) is 0 Å². The van der Waals surface area contributed by atoms with Crippen molar-refractivity contribution < 1.29 is 19.1 Å². The summed E-state index contributed by atoms with van der Waals surface area (Å²) in [4.78, 5) is 34.8. The number of benzene rings is 1. The van der Waals surface area contributed by atoms with Gasteiger partial charge in [0, 0.05) is 10.6 Å². The van der Waals surface area contributed by atoms with Crippen molar-refractivity contribution in [3.8, 4) is 0 Å². The standard InChI is InChI=1S/C21H23N3O4S/c1-5-27-17(25)11-16-23-19(18-12(3)13(4)29-20(18)24-16)22-15-9-7-14(8-10-15)21(26)28-6-2/h7-10H,5-6,11H2,1-4H3,(H,22,23,24). The van der Waals surface area contributed by atoms with Crippen LogP contribution in [-0.2, 0) is 20.7 Å². The molecule has 0 saturated carbocycles. The Balaban J connectivity index is 1.94. The Kier molecular flexibility index (Phi) is 6.43. The molecular formula is C21H23N3O4S. The Hall–Kier alpha value is -3.00. The highest BCUT2D eigenvalue weighted by Crippen LogP contribution is 2.34. The summed E-state index contributed by atoms with van der Waals surface area (Å²) in [6.45, 7) is 8.24. The minimum absolute atomic E-state index is 0.0102. The highest BCUT2D eigenvalue weighted by atomic mass is 32.1. The number of hydrogen-bond acceptors (Lipinski definition) is 8. The zero-order valence-electron chi connectivity index (χ0n) is 16.9. The smallest absolute Gasteiger partial charge is 0.338 e. The van der Waals surface area contributed by atoms with Gasteiger partial charge in [-0.2, -0.15) is 0 Å². The number of nitrogens with zero attached hydrogens (tertiary/aromatic N) is 2. The molecule has 0 aliphatic heterocycles. The van der Waals surface area contributed by atoms with Gasteiger partial charge in [-0.05, 0) is 57.5 Å². The van der Waals surface area contributed by atoms with Crippen LogP contribution >= 0.6 is 11.3 Å². The van der Waals surface area contributed by atoms with Crippen LogP contribution in [-0.4, -0.2) is 35.1 Å². The second kappa shape index (κ2) is 9.00. The average molecular weight is 413 g/mol. The summed E-state index contributed by atoms with van der Waals surface area (Å²) in [7, 11) is 0. The maximum atomic E-state index is 11.9. The first kappa shape index (κ1) is 20.7. The fraction of sp³-hybridized carbons (Fsp3) is 0.333. The van der Waals surface area contributed by atoms with Gasteiger partial charge < -0.3 is 14.8 Å². The second-order valence-corrected chi connectivity index (χ2v) is 7.56. The van der Waals surface area contributed by atoms with E-state index >= 15 is 0 Å². The molecule has 29 heavy (non-hydrogen) atoms. The summed E-state index contributed by atoms with van der Waals surface area (Å²) in [6, 6.07) is 6.98. The van der Waals surface area contributed by atoms with Crippen molar-refractivity contribution in [2.24, 2.45) is 0 Å². The van der Waals surface area contributed by atoms with Crippen LogP contribution in [0.2, 0.25) is 0 Å². The summed E-state index contributed by atoms with van der Waals surface area (Å²) < 4.78 is 10.0. The minimum Gasteiger partial charge on any atom is -0.466 e. The van der Waals surface area contributed by atoms with Crippen LogP contribution in [0.15, 0.2) is 24.3 Å². The molecule has 0 aliphatic carbocycles. The van der Waals surface area contributed by atoms with Crippen LogP contribution in [0.4, 0.5) is 11.5 Å². The molecule has 7 nitrogen and oxygen atoms in total. The van der Waals surface area contributed by atoms with Gasteiger partial charge in [0.15, 0.2) is 0 Å². The van der Waals surface area contributed by atoms with Gasteiger partial charge in [0.2, 0.25) is 0 Å². The molecule has 0 radical (unpaired) electrons. The number of ether oxygens (including phenoxy) is 2. The molecule has 0 aliphatic rings. The molecule has 0 unspecified atom stereocenters. The highest BCUT2D eigenvalue weighted by Gasteiger charge is 2.17. The van der Waals surface area contributed by atoms with Crippen LogP contribution < -0.4 is 5.32 Å². The van der Waals surface area contributed by atoms with Crippen molar-refractivity contribution in [3.05, 3.63) is 46.1 Å². The molecule has 0 fully saturated rings. The predicted molar refractivity (Wildman–Crippen MR) is 113 cm³/mol. The number of carbonyl (C=O) groups is 2. The number of fused-ring (bicyclic) bond motifs is 1. The monoisotopic (exact) mass is 413 g/mol. The summed E-state index contributed by atoms with van der Waals surface area (Å²) >= 11 is 1.57. The lowest BCUT2D eigenvalue weighted by Gasteiger charge is -2.10. The van der Waals surface area contributed by atoms with Crippen molar-refractivity contribution in [1.29, 1.82) is 0 Å². The number of rotatable bonds is 7. The lowest BCUT2D eigenvalue weighted by atomic mass is 10.2. The SMILES string of the molecule is CCOC(=O)Cc1nc(Nc2ccc(C(=O)OCC)cc2)c2c(C)c(C)sc2n1. The zero-order valence-corrected chi connectivity index (χ0v) is 17.7. The van der Waals surface area contributed by atoms with Crippen molar-refractivity contribution in [2.45, 2.75) is 34.1 Å². The zero-order chi connectivity index (χ0) is 21.0. The topological polar surface area (TPSA) is 90.4 Å². The molecule has 152 valence electrons. The fourth-order valence-electron chi connectivity index (χ4n) is 2.85. The molecule has 3 rings (SSSR count). The molecule has 0 atom stereocenters. The molecule has 8 heteroatoms. The Bertz CT molecular complexity index is 1040. The summed E-state index contributed by atoms with van der Waals surface area (Å²) in [5.74, 6) is 0.314. The van der Waals surface area contributed by atoms with Gasteiger partial charge in [-0.15, -0.1) is 11.3 Å². The van der Waals surface area contributed by atoms with Crippen LogP contribution in [0.1, 0.15) is 40.5 Å². The van der Waals surface area contributed by atoms with E-state index in [4.69, 9.17) is 9.47 Å². The third-order valence-corrected chi connectivity index (χ3v) is 5.44. The largest absolute Gasteiger partial charge is 0.466 e. The van der Waals surface area contributed by atoms with Gasteiger partial charge in [-0.25, -0.2) is 14.8 Å². The molecule has 0 bridgehead atoms. The molecule has 1 N–H and O–H groups in total. The third kappa shape index (κ3) is 4.71. The number of carbonyl (C=O) groups excluding carboxylic acids is 2. The van der Waals surface area contributed by atoms with E-state index in [9.17, 15) is 9.59 Å². The van der Waals surface area contributed by atoms with Gasteiger partial charge in [0.25, 0.3) is 0 Å². The van der Waals surface area contributed by atoms with E-state index in [2.05, 4.69) is 15.3 Å². The fourth-order valence-corrected chi connectivity index (χ4v) is 3.89. The van der Waals surface area contributed by atoms with Crippen LogP contribution in [0.3, 0.4) is 0 Å². The van der Waals surface area contributed by atoms with E-state index in [1.54, 1.807) is 49.4 Å². The van der Waals surface area contributed by atoms with Gasteiger partial charge in [0.05, 0.1) is 24.2 Å². The Morgan fingerprint density at radius 1 is 1.03 bits per heavy atom. The Labute approximate surface area is 173 Å². The second-order valence-electron chi connectivity index (χ2n) is 6.36. The Morgan fingerprint density at radius 3 is 2.38 bits per heavy atom. The normalized spacial score (nSPS) is 10.8. The summed E-state index contributed by atoms with van der Waals surface area (Å²) in [5.41, 5.74) is 2.34. The number of hydrogen-bond donors (Lipinski definition) is 1. The molecule has 0 amide bonds. The van der Waals surface area contributed by atoms with E-state index in [0.29, 0.717) is 30.4 Å². The quantitative estimate of drug-likeness (QED) is 0.576. The average Bonchev–Trinajstić information content (AvgIpc) is 2.96. The summed E-state index contributed by atoms with van der Waals surface area (Å²) in [6.07, 6.45) is 0.0102. The maximum absolute atomic E-state index is 11.9. The lowest BCUT2D eigenvalue weighted by Crippen LogP contribution is -2.11. The van der Waals surface area contributed by atoms with Gasteiger partial charge >= 0.3 is 11.9 Å². The van der Waals surface area contributed by atoms with E-state index in [0.717, 1.165) is 26.3 Å². The number of aryl methyl sites for hydroxylation is 2. The molecule has 2 aromatic heterocycles. The molecule has 3 aromatic rings. The number of thiophene rings is 1. The first-order chi connectivity index (χ1) is 13.9. The van der Waals surface area contributed by atoms with Crippen LogP contribution in [0.25, 0.3) is 10.2 Å². The number of nitrogens with one attached hydrogen (secondary N) is 1. The van der Waals surface area contributed by atoms with Crippen LogP contribution in [0.5, 0.6) is 0 Å². The van der Waals surface area contributed by atoms with Crippen molar-refractivity contribution in [3.63, 3.8) is 0 Å². The van der Waals surface area contributed by atoms with Crippen molar-refractivity contribution in [2.75, 3.05) is 18.5 Å². The van der Waals surface area contributed by atoms with Gasteiger partial charge in [-0.3, -0.25) is 4.79 Å². The number of anilines is 2. The first-order valence-corrected chi connectivity index (χ1v) is 10.2. The van der Waals surface area contributed by atoms with E-state index in [-0.39, 0.29) is 18.4 Å². The third-order valence-electron chi connectivity index (χ3n) is 4.34.